The van der Waals surface area contributed by atoms with Crippen LogP contribution in [0, 0.1) is 0 Å². The molecule has 4 aromatic rings. The number of nitrogens with zero attached hydrogens (tertiary/aromatic N) is 2. The molecule has 4 N–H and O–H groups in total. The predicted octanol–water partition coefficient (Wildman–Crippen LogP) is 2.66. The van der Waals surface area contributed by atoms with Crippen molar-refractivity contribution < 1.29 is 0 Å². The molecule has 3 heterocycles. The molecular weight excluding hydrogens is 326 g/mol. The van der Waals surface area contributed by atoms with Crippen molar-refractivity contribution in [3.63, 3.8) is 0 Å². The van der Waals surface area contributed by atoms with Gasteiger partial charge >= 0.3 is 0 Å². The lowest BCUT2D eigenvalue weighted by Crippen LogP contribution is -2.18. The number of rotatable bonds is 2. The molecule has 6 heteroatoms. The Balaban J connectivity index is 1.81. The normalized spacial score (nSPS) is 17.3. The fourth-order valence-corrected chi connectivity index (χ4v) is 3.98. The van der Waals surface area contributed by atoms with E-state index in [1.54, 1.807) is 0 Å². The van der Waals surface area contributed by atoms with Crippen molar-refractivity contribution in [2.75, 3.05) is 18.8 Å². The summed E-state index contributed by atoms with van der Waals surface area (Å²) in [4.78, 5) is 12.6. The van der Waals surface area contributed by atoms with Gasteiger partial charge in [-0.05, 0) is 35.4 Å². The number of nitrogen functional groups attached to an aromatic ring is 1. The van der Waals surface area contributed by atoms with Crippen LogP contribution in [0.3, 0.4) is 0 Å². The lowest BCUT2D eigenvalue weighted by molar-refractivity contribution is 0.564. The number of nitrogens with one attached hydrogen (secondary N) is 2. The van der Waals surface area contributed by atoms with E-state index in [0.29, 0.717) is 11.3 Å². The Morgan fingerprint density at radius 1 is 1.15 bits per heavy atom. The van der Waals surface area contributed by atoms with Gasteiger partial charge < -0.3 is 15.6 Å². The monoisotopic (exact) mass is 345 g/mol. The molecule has 1 fully saturated rings. The van der Waals surface area contributed by atoms with Gasteiger partial charge in [-0.25, -0.2) is 5.10 Å². The zero-order chi connectivity index (χ0) is 17.7. The number of aromatic nitrogens is 3. The molecule has 0 amide bonds. The summed E-state index contributed by atoms with van der Waals surface area (Å²) in [6.45, 7) is 1.80. The minimum atomic E-state index is -0.201. The summed E-state index contributed by atoms with van der Waals surface area (Å²) in [6.07, 6.45) is 3.04. The van der Waals surface area contributed by atoms with Gasteiger partial charge in [-0.1, -0.05) is 36.4 Å². The largest absolute Gasteiger partial charge is 0.382 e. The predicted molar refractivity (Wildman–Crippen MR) is 104 cm³/mol. The van der Waals surface area contributed by atoms with Gasteiger partial charge in [-0.15, -0.1) is 0 Å². The van der Waals surface area contributed by atoms with E-state index in [1.165, 1.54) is 5.39 Å². The summed E-state index contributed by atoms with van der Waals surface area (Å²) in [6, 6.07) is 14.8. The Hall–Kier alpha value is -3.12. The summed E-state index contributed by atoms with van der Waals surface area (Å²) in [7, 11) is 0. The molecule has 6 nitrogen and oxygen atoms in total. The molecule has 130 valence electrons. The van der Waals surface area contributed by atoms with Crippen molar-refractivity contribution in [1.82, 2.24) is 20.1 Å². The Bertz CT molecular complexity index is 1180. The highest BCUT2D eigenvalue weighted by atomic mass is 16.1. The highest BCUT2D eigenvalue weighted by Gasteiger charge is 2.23. The SMILES string of the molecule is Nc1n[nH]c(=O)c2c1c(-c1ccc3ccccc3c1)cn2[C@H]1CCNC1. The lowest BCUT2D eigenvalue weighted by atomic mass is 10.0. The number of aromatic amines is 1. The maximum Gasteiger partial charge on any atom is 0.288 e. The molecule has 1 saturated heterocycles. The third-order valence-electron chi connectivity index (χ3n) is 5.27. The molecule has 2 aromatic carbocycles. The molecule has 26 heavy (non-hydrogen) atoms. The molecule has 0 saturated carbocycles. The third kappa shape index (κ3) is 2.23. The number of nitrogens with two attached hydrogens (primary N) is 1. The Morgan fingerprint density at radius 3 is 2.81 bits per heavy atom. The molecule has 1 aliphatic heterocycles. The zero-order valence-electron chi connectivity index (χ0n) is 14.2. The number of anilines is 1. The topological polar surface area (TPSA) is 88.7 Å². The molecule has 0 radical (unpaired) electrons. The van der Waals surface area contributed by atoms with E-state index in [2.05, 4.69) is 56.6 Å². The second-order valence-electron chi connectivity index (χ2n) is 6.82. The van der Waals surface area contributed by atoms with Gasteiger partial charge in [0.05, 0.1) is 5.39 Å². The molecule has 5 rings (SSSR count). The number of hydrogen-bond donors (Lipinski definition) is 3. The second-order valence-corrected chi connectivity index (χ2v) is 6.82. The van der Waals surface area contributed by atoms with Crippen molar-refractivity contribution in [1.29, 1.82) is 0 Å². The van der Waals surface area contributed by atoms with Crippen molar-refractivity contribution >= 4 is 27.5 Å². The number of benzene rings is 2. The molecule has 0 bridgehead atoms. The maximum atomic E-state index is 12.6. The Labute approximate surface area is 149 Å². The highest BCUT2D eigenvalue weighted by molar-refractivity contribution is 6.03. The van der Waals surface area contributed by atoms with Crippen LogP contribution in [0.2, 0.25) is 0 Å². The van der Waals surface area contributed by atoms with Crippen molar-refractivity contribution in [3.05, 3.63) is 59.0 Å². The van der Waals surface area contributed by atoms with Crippen LogP contribution in [-0.4, -0.2) is 27.9 Å². The molecule has 2 aromatic heterocycles. The van der Waals surface area contributed by atoms with Crippen LogP contribution < -0.4 is 16.6 Å². The minimum absolute atomic E-state index is 0.201. The van der Waals surface area contributed by atoms with E-state index in [9.17, 15) is 4.79 Å². The Morgan fingerprint density at radius 2 is 2.00 bits per heavy atom. The van der Waals surface area contributed by atoms with Crippen LogP contribution in [0.15, 0.2) is 53.5 Å². The third-order valence-corrected chi connectivity index (χ3v) is 5.27. The van der Waals surface area contributed by atoms with Gasteiger partial charge in [0.25, 0.3) is 5.56 Å². The van der Waals surface area contributed by atoms with Gasteiger partial charge in [0.1, 0.15) is 5.52 Å². The van der Waals surface area contributed by atoms with Crippen LogP contribution in [0.4, 0.5) is 5.82 Å². The summed E-state index contributed by atoms with van der Waals surface area (Å²) in [5.74, 6) is 0.354. The summed E-state index contributed by atoms with van der Waals surface area (Å²) in [5.41, 5.74) is 8.57. The van der Waals surface area contributed by atoms with Gasteiger partial charge in [0.15, 0.2) is 5.82 Å². The van der Waals surface area contributed by atoms with Gasteiger partial charge in [-0.3, -0.25) is 4.79 Å². The van der Waals surface area contributed by atoms with E-state index in [0.717, 1.165) is 41.4 Å². The fraction of sp³-hybridized carbons (Fsp3) is 0.200. The van der Waals surface area contributed by atoms with Crippen molar-refractivity contribution in [3.8, 4) is 11.1 Å². The minimum Gasteiger partial charge on any atom is -0.382 e. The lowest BCUT2D eigenvalue weighted by Gasteiger charge is -2.11. The first-order valence-corrected chi connectivity index (χ1v) is 8.81. The first kappa shape index (κ1) is 15.2. The smallest absolute Gasteiger partial charge is 0.288 e. The van der Waals surface area contributed by atoms with E-state index in [4.69, 9.17) is 5.73 Å². The molecule has 0 spiro atoms. The van der Waals surface area contributed by atoms with Crippen molar-refractivity contribution in [2.45, 2.75) is 12.5 Å². The average molecular weight is 345 g/mol. The average Bonchev–Trinajstić information content (AvgIpc) is 3.32. The molecular formula is C20H19N5O. The van der Waals surface area contributed by atoms with Crippen LogP contribution in [-0.2, 0) is 0 Å². The van der Waals surface area contributed by atoms with E-state index >= 15 is 0 Å². The number of fused-ring (bicyclic) bond motifs is 2. The van der Waals surface area contributed by atoms with Gasteiger partial charge in [0, 0.05) is 24.3 Å². The van der Waals surface area contributed by atoms with E-state index in [-0.39, 0.29) is 11.6 Å². The quantitative estimate of drug-likeness (QED) is 0.521. The molecule has 0 unspecified atom stereocenters. The summed E-state index contributed by atoms with van der Waals surface area (Å²) >= 11 is 0. The van der Waals surface area contributed by atoms with Crippen LogP contribution in [0.25, 0.3) is 32.8 Å². The van der Waals surface area contributed by atoms with Crippen LogP contribution >= 0.6 is 0 Å². The molecule has 1 aliphatic rings. The van der Waals surface area contributed by atoms with Crippen molar-refractivity contribution in [2.24, 2.45) is 0 Å². The van der Waals surface area contributed by atoms with Gasteiger partial charge in [-0.2, -0.15) is 5.10 Å². The molecule has 1 atom stereocenters. The van der Waals surface area contributed by atoms with E-state index in [1.807, 2.05) is 12.1 Å². The first-order chi connectivity index (χ1) is 12.7. The van der Waals surface area contributed by atoms with Crippen LogP contribution in [0.5, 0.6) is 0 Å². The second kappa shape index (κ2) is 5.71. The Kier molecular flexibility index (Phi) is 3.33. The zero-order valence-corrected chi connectivity index (χ0v) is 14.2. The molecule has 0 aliphatic carbocycles. The number of hydrogen-bond acceptors (Lipinski definition) is 4. The summed E-state index contributed by atoms with van der Waals surface area (Å²) in [5, 5.41) is 13.0. The summed E-state index contributed by atoms with van der Waals surface area (Å²) < 4.78 is 2.07. The first-order valence-electron chi connectivity index (χ1n) is 8.81. The standard InChI is InChI=1S/C20H19N5O/c21-19-17-16(14-6-5-12-3-1-2-4-13(12)9-14)11-25(15-7-8-22-10-15)18(17)20(26)24-23-19/h1-6,9,11,15,22H,7-8,10H2,(H2,21,23)(H,24,26)/t15-/m0/s1. The maximum absolute atomic E-state index is 12.6. The number of H-pyrrole nitrogens is 1. The van der Waals surface area contributed by atoms with Crippen LogP contribution in [0.1, 0.15) is 12.5 Å². The highest BCUT2D eigenvalue weighted by Crippen LogP contribution is 2.35. The van der Waals surface area contributed by atoms with E-state index < -0.39 is 0 Å². The van der Waals surface area contributed by atoms with Gasteiger partial charge in [0.2, 0.25) is 0 Å². The fourth-order valence-electron chi connectivity index (χ4n) is 3.98.